The quantitative estimate of drug-likeness (QED) is 0.842. The van der Waals surface area contributed by atoms with Crippen LogP contribution in [0.5, 0.6) is 0 Å². The van der Waals surface area contributed by atoms with Gasteiger partial charge in [0.2, 0.25) is 0 Å². The maximum atomic E-state index is 12.2. The van der Waals surface area contributed by atoms with Crippen molar-refractivity contribution >= 4 is 17.5 Å². The first-order chi connectivity index (χ1) is 12.2. The zero-order valence-electron chi connectivity index (χ0n) is 15.6. The molecular formula is C20H29N3O2. The zero-order valence-corrected chi connectivity index (χ0v) is 15.6. The molecule has 1 amide bonds. The molecule has 3 aliphatic heterocycles. The van der Waals surface area contributed by atoms with E-state index in [0.29, 0.717) is 24.6 Å². The molecule has 0 aliphatic carbocycles. The van der Waals surface area contributed by atoms with Crippen LogP contribution in [0.3, 0.4) is 0 Å². The monoisotopic (exact) mass is 343 g/mol. The van der Waals surface area contributed by atoms with E-state index in [4.69, 9.17) is 4.74 Å². The van der Waals surface area contributed by atoms with Gasteiger partial charge in [0.05, 0.1) is 18.0 Å². The molecule has 0 bridgehead atoms. The number of nitrogens with zero attached hydrogens (tertiary/aromatic N) is 3. The standard InChI is InChI=1S/C20H29N3O2/c1-4-14(3)22-11-12-23-17-9-10-21(20(24)25-5-2)13-16(17)15-7-6-8-18(22)19(15)23/h6-8,14,16-17H,4-5,9-13H2,1-3H3/t14?,16-,17-/m0/s1. The van der Waals surface area contributed by atoms with Gasteiger partial charge in [0.15, 0.2) is 0 Å². The summed E-state index contributed by atoms with van der Waals surface area (Å²) in [4.78, 5) is 19.3. The van der Waals surface area contributed by atoms with Crippen LogP contribution in [-0.4, -0.2) is 55.9 Å². The summed E-state index contributed by atoms with van der Waals surface area (Å²) in [5.74, 6) is 0.407. The number of carbonyl (C=O) groups is 1. The lowest BCUT2D eigenvalue weighted by molar-refractivity contribution is 0.0934. The molecule has 0 aromatic heterocycles. The molecule has 5 nitrogen and oxygen atoms in total. The number of hydrogen-bond donors (Lipinski definition) is 0. The van der Waals surface area contributed by atoms with Gasteiger partial charge in [-0.25, -0.2) is 4.79 Å². The van der Waals surface area contributed by atoms with E-state index in [1.165, 1.54) is 16.9 Å². The Balaban J connectivity index is 1.66. The van der Waals surface area contributed by atoms with Crippen LogP contribution < -0.4 is 9.80 Å². The first-order valence-electron chi connectivity index (χ1n) is 9.73. The molecule has 1 unspecified atom stereocenters. The normalized spacial score (nSPS) is 25.5. The third-order valence-corrected chi connectivity index (χ3v) is 6.25. The van der Waals surface area contributed by atoms with Crippen molar-refractivity contribution in [3.05, 3.63) is 23.8 Å². The average molecular weight is 343 g/mol. The van der Waals surface area contributed by atoms with Crippen molar-refractivity contribution in [2.24, 2.45) is 0 Å². The number of amides is 1. The third kappa shape index (κ3) is 2.55. The molecule has 0 saturated carbocycles. The third-order valence-electron chi connectivity index (χ3n) is 6.25. The van der Waals surface area contributed by atoms with Crippen molar-refractivity contribution in [1.29, 1.82) is 0 Å². The number of para-hydroxylation sites is 1. The zero-order chi connectivity index (χ0) is 17.6. The Hall–Kier alpha value is -1.91. The molecule has 0 radical (unpaired) electrons. The highest BCUT2D eigenvalue weighted by Gasteiger charge is 2.46. The summed E-state index contributed by atoms with van der Waals surface area (Å²) in [6.07, 6.45) is 2.03. The molecular weight excluding hydrogens is 314 g/mol. The molecule has 25 heavy (non-hydrogen) atoms. The number of benzene rings is 1. The van der Waals surface area contributed by atoms with E-state index in [1.54, 1.807) is 0 Å². The van der Waals surface area contributed by atoms with Gasteiger partial charge in [0.25, 0.3) is 0 Å². The Kier molecular flexibility index (Phi) is 4.26. The van der Waals surface area contributed by atoms with Gasteiger partial charge in [-0.2, -0.15) is 0 Å². The lowest BCUT2D eigenvalue weighted by atomic mass is 9.89. The van der Waals surface area contributed by atoms with Crippen molar-refractivity contribution in [1.82, 2.24) is 4.90 Å². The molecule has 5 heteroatoms. The molecule has 1 aromatic carbocycles. The average Bonchev–Trinajstić information content (AvgIpc) is 2.97. The number of hydrogen-bond acceptors (Lipinski definition) is 4. The number of likely N-dealkylation sites (tertiary alicyclic amines) is 1. The minimum absolute atomic E-state index is 0.159. The van der Waals surface area contributed by atoms with Crippen LogP contribution in [0, 0.1) is 0 Å². The molecule has 1 aromatic rings. The van der Waals surface area contributed by atoms with Crippen LogP contribution in [0.1, 0.15) is 45.1 Å². The van der Waals surface area contributed by atoms with Gasteiger partial charge >= 0.3 is 6.09 Å². The molecule has 1 fully saturated rings. The van der Waals surface area contributed by atoms with Crippen LogP contribution >= 0.6 is 0 Å². The Bertz CT molecular complexity index is 662. The summed E-state index contributed by atoms with van der Waals surface area (Å²) < 4.78 is 5.24. The number of fused-ring (bicyclic) bond motifs is 3. The molecule has 0 N–H and O–H groups in total. The van der Waals surface area contributed by atoms with Crippen LogP contribution in [0.15, 0.2) is 18.2 Å². The van der Waals surface area contributed by atoms with Crippen molar-refractivity contribution in [2.75, 3.05) is 42.6 Å². The van der Waals surface area contributed by atoms with Gasteiger partial charge in [-0.1, -0.05) is 19.1 Å². The number of piperidine rings is 1. The minimum atomic E-state index is -0.159. The van der Waals surface area contributed by atoms with Gasteiger partial charge < -0.3 is 19.4 Å². The second-order valence-electron chi connectivity index (χ2n) is 7.47. The van der Waals surface area contributed by atoms with E-state index in [2.05, 4.69) is 41.8 Å². The molecule has 0 spiro atoms. The highest BCUT2D eigenvalue weighted by molar-refractivity contribution is 5.81. The lowest BCUT2D eigenvalue weighted by Gasteiger charge is -2.43. The molecule has 3 heterocycles. The molecule has 3 aliphatic rings. The molecule has 4 rings (SSSR count). The van der Waals surface area contributed by atoms with E-state index in [0.717, 1.165) is 39.0 Å². The highest BCUT2D eigenvalue weighted by atomic mass is 16.6. The van der Waals surface area contributed by atoms with Gasteiger partial charge in [0, 0.05) is 44.2 Å². The van der Waals surface area contributed by atoms with Crippen LogP contribution in [-0.2, 0) is 4.74 Å². The van der Waals surface area contributed by atoms with Gasteiger partial charge in [-0.3, -0.25) is 0 Å². The second kappa shape index (κ2) is 6.43. The van der Waals surface area contributed by atoms with E-state index in [9.17, 15) is 4.79 Å². The Labute approximate surface area is 150 Å². The Morgan fingerprint density at radius 3 is 2.88 bits per heavy atom. The van der Waals surface area contributed by atoms with Crippen LogP contribution in [0.25, 0.3) is 0 Å². The van der Waals surface area contributed by atoms with Crippen LogP contribution in [0.4, 0.5) is 16.2 Å². The van der Waals surface area contributed by atoms with Gasteiger partial charge in [0.1, 0.15) is 0 Å². The van der Waals surface area contributed by atoms with E-state index >= 15 is 0 Å². The first kappa shape index (κ1) is 16.6. The fourth-order valence-electron chi connectivity index (χ4n) is 4.85. The number of carbonyl (C=O) groups excluding carboxylic acids is 1. The predicted molar refractivity (Wildman–Crippen MR) is 101 cm³/mol. The SMILES string of the molecule is CCOC(=O)N1CC[C@H]2[C@@H](C1)c1cccc3c1N2CCN3C(C)CC. The summed E-state index contributed by atoms with van der Waals surface area (Å²) in [6, 6.07) is 7.83. The maximum absolute atomic E-state index is 12.2. The van der Waals surface area contributed by atoms with Gasteiger partial charge in [-0.15, -0.1) is 0 Å². The van der Waals surface area contributed by atoms with E-state index in [1.807, 2.05) is 11.8 Å². The van der Waals surface area contributed by atoms with E-state index < -0.39 is 0 Å². The summed E-state index contributed by atoms with van der Waals surface area (Å²) in [5.41, 5.74) is 4.23. The van der Waals surface area contributed by atoms with Crippen molar-refractivity contribution in [2.45, 2.75) is 51.6 Å². The summed E-state index contributed by atoms with van der Waals surface area (Å²) in [5, 5.41) is 0. The van der Waals surface area contributed by atoms with Crippen molar-refractivity contribution in [3.8, 4) is 0 Å². The second-order valence-corrected chi connectivity index (χ2v) is 7.47. The van der Waals surface area contributed by atoms with Crippen molar-refractivity contribution < 1.29 is 9.53 Å². The summed E-state index contributed by atoms with van der Waals surface area (Å²) >= 11 is 0. The van der Waals surface area contributed by atoms with Crippen molar-refractivity contribution in [3.63, 3.8) is 0 Å². The molecule has 1 saturated heterocycles. The summed E-state index contributed by atoms with van der Waals surface area (Å²) in [6.45, 7) is 10.7. The Morgan fingerprint density at radius 2 is 2.12 bits per heavy atom. The number of rotatable bonds is 3. The predicted octanol–water partition coefficient (Wildman–Crippen LogP) is 3.44. The maximum Gasteiger partial charge on any atom is 0.409 e. The van der Waals surface area contributed by atoms with Crippen LogP contribution in [0.2, 0.25) is 0 Å². The lowest BCUT2D eigenvalue weighted by Crippen LogP contribution is -2.51. The smallest absolute Gasteiger partial charge is 0.409 e. The fraction of sp³-hybridized carbons (Fsp3) is 0.650. The fourth-order valence-corrected chi connectivity index (χ4v) is 4.85. The number of anilines is 2. The largest absolute Gasteiger partial charge is 0.450 e. The highest BCUT2D eigenvalue weighted by Crippen LogP contribution is 2.51. The molecule has 136 valence electrons. The summed E-state index contributed by atoms with van der Waals surface area (Å²) in [7, 11) is 0. The molecule has 3 atom stereocenters. The topological polar surface area (TPSA) is 36.0 Å². The van der Waals surface area contributed by atoms with Gasteiger partial charge in [-0.05, 0) is 38.3 Å². The first-order valence-corrected chi connectivity index (χ1v) is 9.73. The number of ether oxygens (including phenoxy) is 1. The minimum Gasteiger partial charge on any atom is -0.450 e. The Morgan fingerprint density at radius 1 is 1.28 bits per heavy atom. The van der Waals surface area contributed by atoms with E-state index in [-0.39, 0.29) is 6.09 Å².